The van der Waals surface area contributed by atoms with Gasteiger partial charge in [-0.1, -0.05) is 23.4 Å². The smallest absolute Gasteiger partial charge is 0.259 e. The predicted molar refractivity (Wildman–Crippen MR) is 135 cm³/mol. The van der Waals surface area contributed by atoms with Gasteiger partial charge in [0.1, 0.15) is 23.5 Å². The average molecular weight is 484 g/mol. The van der Waals surface area contributed by atoms with E-state index >= 15 is 0 Å². The van der Waals surface area contributed by atoms with Crippen molar-refractivity contribution in [2.45, 2.75) is 38.8 Å². The zero-order chi connectivity index (χ0) is 25.0. The maximum Gasteiger partial charge on any atom is 0.259 e. The second kappa shape index (κ2) is 8.29. The first-order valence-corrected chi connectivity index (χ1v) is 11.8. The highest BCUT2D eigenvalue weighted by molar-refractivity contribution is 5.96. The van der Waals surface area contributed by atoms with Crippen LogP contribution in [0.4, 0.5) is 11.6 Å². The zero-order valence-electron chi connectivity index (χ0n) is 20.1. The fourth-order valence-electron chi connectivity index (χ4n) is 4.65. The molecular formula is C25H25N9O2. The molecule has 0 bridgehead atoms. The number of aryl methyl sites for hydroxylation is 2. The number of nitrogens with one attached hydrogen (secondary N) is 1. The lowest BCUT2D eigenvalue weighted by Gasteiger charge is -2.22. The minimum atomic E-state index is -0.272. The summed E-state index contributed by atoms with van der Waals surface area (Å²) in [5.41, 5.74) is 9.28. The van der Waals surface area contributed by atoms with Crippen molar-refractivity contribution in [1.29, 1.82) is 0 Å². The van der Waals surface area contributed by atoms with Crippen LogP contribution in [0.2, 0.25) is 0 Å². The number of pyridine rings is 1. The van der Waals surface area contributed by atoms with Crippen LogP contribution in [0.5, 0.6) is 0 Å². The Bertz CT molecular complexity index is 1660. The molecule has 4 heterocycles. The summed E-state index contributed by atoms with van der Waals surface area (Å²) in [4.78, 5) is 26.8. The van der Waals surface area contributed by atoms with Crippen molar-refractivity contribution in [1.82, 2.24) is 34.5 Å². The quantitative estimate of drug-likeness (QED) is 0.370. The lowest BCUT2D eigenvalue weighted by atomic mass is 10.00. The number of hydrogen-bond acceptors (Lipinski definition) is 9. The van der Waals surface area contributed by atoms with Crippen molar-refractivity contribution in [3.8, 4) is 22.5 Å². The minimum absolute atomic E-state index is 0.00526. The van der Waals surface area contributed by atoms with E-state index in [2.05, 4.69) is 36.6 Å². The van der Waals surface area contributed by atoms with E-state index in [1.807, 2.05) is 42.9 Å². The number of nitrogens with zero attached hydrogens (tertiary/aromatic N) is 7. The summed E-state index contributed by atoms with van der Waals surface area (Å²) in [6.07, 6.45) is 7.03. The fourth-order valence-corrected chi connectivity index (χ4v) is 4.65. The van der Waals surface area contributed by atoms with Crippen molar-refractivity contribution in [2.75, 3.05) is 11.1 Å². The molecule has 182 valence electrons. The van der Waals surface area contributed by atoms with Gasteiger partial charge in [-0.15, -0.1) is 0 Å². The summed E-state index contributed by atoms with van der Waals surface area (Å²) >= 11 is 0. The number of fused-ring (bicyclic) bond motifs is 1. The van der Waals surface area contributed by atoms with E-state index < -0.39 is 0 Å². The molecule has 0 aliphatic heterocycles. The Balaban J connectivity index is 1.47. The van der Waals surface area contributed by atoms with Crippen molar-refractivity contribution < 1.29 is 4.52 Å². The minimum Gasteiger partial charge on any atom is -0.383 e. The van der Waals surface area contributed by atoms with Crippen LogP contribution in [-0.4, -0.2) is 34.5 Å². The molecule has 1 fully saturated rings. The summed E-state index contributed by atoms with van der Waals surface area (Å²) in [7, 11) is 1.87. The molecule has 1 aromatic carbocycles. The average Bonchev–Trinajstić information content (AvgIpc) is 3.45. The number of anilines is 2. The molecule has 11 nitrogen and oxygen atoms in total. The van der Waals surface area contributed by atoms with Crippen LogP contribution in [0.1, 0.15) is 43.4 Å². The largest absolute Gasteiger partial charge is 0.383 e. The van der Waals surface area contributed by atoms with E-state index in [1.165, 1.54) is 6.33 Å². The molecule has 1 saturated carbocycles. The van der Waals surface area contributed by atoms with Crippen LogP contribution in [-0.2, 0) is 7.05 Å². The van der Waals surface area contributed by atoms with Crippen LogP contribution >= 0.6 is 0 Å². The monoisotopic (exact) mass is 483 g/mol. The molecule has 0 saturated heterocycles. The van der Waals surface area contributed by atoms with Gasteiger partial charge in [-0.25, -0.2) is 9.97 Å². The van der Waals surface area contributed by atoms with Gasteiger partial charge in [-0.2, -0.15) is 10.1 Å². The van der Waals surface area contributed by atoms with Crippen molar-refractivity contribution in [2.24, 2.45) is 7.05 Å². The SMILES string of the molecule is Cc1nc(-c2c(N)ncnc2NC(C)c2cc3cccc(-c4cnn(C)c4)c3c(=O)n2C2CC2)no1. The summed E-state index contributed by atoms with van der Waals surface area (Å²) in [6.45, 7) is 3.70. The summed E-state index contributed by atoms with van der Waals surface area (Å²) in [5.74, 6) is 1.42. The maximum atomic E-state index is 14.0. The Hall–Kier alpha value is -4.54. The molecule has 1 aliphatic carbocycles. The predicted octanol–water partition coefficient (Wildman–Crippen LogP) is 3.64. The highest BCUT2D eigenvalue weighted by Gasteiger charge is 2.30. The zero-order valence-corrected chi connectivity index (χ0v) is 20.1. The topological polar surface area (TPSA) is 143 Å². The first-order valence-electron chi connectivity index (χ1n) is 11.8. The van der Waals surface area contributed by atoms with Gasteiger partial charge in [0.2, 0.25) is 11.7 Å². The number of aromatic nitrogens is 7. The highest BCUT2D eigenvalue weighted by atomic mass is 16.5. The van der Waals surface area contributed by atoms with E-state index in [4.69, 9.17) is 10.3 Å². The van der Waals surface area contributed by atoms with Gasteiger partial charge in [0.05, 0.1) is 17.6 Å². The molecule has 5 aromatic rings. The third-order valence-electron chi connectivity index (χ3n) is 6.46. The van der Waals surface area contributed by atoms with Crippen LogP contribution in [0, 0.1) is 6.92 Å². The second-order valence-corrected chi connectivity index (χ2v) is 9.13. The van der Waals surface area contributed by atoms with E-state index in [0.29, 0.717) is 28.5 Å². The molecule has 36 heavy (non-hydrogen) atoms. The van der Waals surface area contributed by atoms with E-state index in [1.54, 1.807) is 17.8 Å². The first kappa shape index (κ1) is 22.0. The fraction of sp³-hybridized carbons (Fsp3) is 0.280. The molecule has 3 N–H and O–H groups in total. The molecule has 11 heteroatoms. The lowest BCUT2D eigenvalue weighted by molar-refractivity contribution is 0.394. The Labute approximate surface area is 206 Å². The van der Waals surface area contributed by atoms with Gasteiger partial charge in [0.25, 0.3) is 5.56 Å². The maximum absolute atomic E-state index is 14.0. The molecule has 0 amide bonds. The Morgan fingerprint density at radius 2 is 2.08 bits per heavy atom. The summed E-state index contributed by atoms with van der Waals surface area (Å²) in [6, 6.07) is 7.89. The Morgan fingerprint density at radius 3 is 2.78 bits per heavy atom. The molecule has 0 radical (unpaired) electrons. The molecule has 1 aliphatic rings. The standard InChI is InChI=1S/C25H25N9O2/c1-13(30-23-21(22(26)27-12-28-23)24-31-14(2)36-32-24)19-9-15-5-4-6-18(16-10-29-33(3)11-16)20(15)25(35)34(19)17-7-8-17/h4-6,9-13,17H,7-8H2,1-3H3,(H3,26,27,28,30). The van der Waals surface area contributed by atoms with Crippen molar-refractivity contribution in [3.05, 3.63) is 64.9 Å². The molecular weight excluding hydrogens is 458 g/mol. The van der Waals surface area contributed by atoms with Gasteiger partial charge in [-0.3, -0.25) is 9.48 Å². The molecule has 1 atom stereocenters. The Kier molecular flexibility index (Phi) is 5.06. The van der Waals surface area contributed by atoms with Crippen molar-refractivity contribution >= 4 is 22.4 Å². The van der Waals surface area contributed by atoms with E-state index in [0.717, 1.165) is 35.0 Å². The van der Waals surface area contributed by atoms with E-state index in [-0.39, 0.29) is 23.5 Å². The van der Waals surface area contributed by atoms with Crippen LogP contribution in [0.15, 0.2) is 52.3 Å². The normalized spacial score (nSPS) is 14.3. The van der Waals surface area contributed by atoms with Crippen LogP contribution in [0.3, 0.4) is 0 Å². The first-order chi connectivity index (χ1) is 17.4. The molecule has 0 spiro atoms. The number of nitrogens with two attached hydrogens (primary N) is 1. The summed E-state index contributed by atoms with van der Waals surface area (Å²) in [5, 5.41) is 13.3. The molecule has 4 aromatic heterocycles. The lowest BCUT2D eigenvalue weighted by Crippen LogP contribution is -2.26. The highest BCUT2D eigenvalue weighted by Crippen LogP contribution is 2.39. The van der Waals surface area contributed by atoms with Gasteiger partial charge < -0.3 is 20.1 Å². The third kappa shape index (κ3) is 3.69. The van der Waals surface area contributed by atoms with Crippen LogP contribution < -0.4 is 16.6 Å². The van der Waals surface area contributed by atoms with E-state index in [9.17, 15) is 4.79 Å². The molecule has 6 rings (SSSR count). The van der Waals surface area contributed by atoms with Gasteiger partial charge in [0.15, 0.2) is 0 Å². The number of nitrogen functional groups attached to an aromatic ring is 1. The number of hydrogen-bond donors (Lipinski definition) is 2. The second-order valence-electron chi connectivity index (χ2n) is 9.13. The van der Waals surface area contributed by atoms with Gasteiger partial charge in [-0.05, 0) is 36.8 Å². The Morgan fingerprint density at radius 1 is 1.25 bits per heavy atom. The number of rotatable bonds is 6. The third-order valence-corrected chi connectivity index (χ3v) is 6.46. The van der Waals surface area contributed by atoms with Crippen LogP contribution in [0.25, 0.3) is 33.3 Å². The number of benzene rings is 1. The van der Waals surface area contributed by atoms with Crippen molar-refractivity contribution in [3.63, 3.8) is 0 Å². The summed E-state index contributed by atoms with van der Waals surface area (Å²) < 4.78 is 8.80. The van der Waals surface area contributed by atoms with Gasteiger partial charge in [0, 0.05) is 37.5 Å². The molecule has 1 unspecified atom stereocenters. The van der Waals surface area contributed by atoms with Gasteiger partial charge >= 0.3 is 0 Å².